The number of sulfonamides is 1. The minimum Gasteiger partial charge on any atom is -0.448 e. The zero-order chi connectivity index (χ0) is 13.6. The van der Waals surface area contributed by atoms with Crippen LogP contribution in [0.25, 0.3) is 0 Å². The Morgan fingerprint density at radius 3 is 2.72 bits per heavy atom. The lowest BCUT2D eigenvalue weighted by Crippen LogP contribution is -2.30. The summed E-state index contributed by atoms with van der Waals surface area (Å²) in [5.74, 6) is -0.186. The number of amides is 1. The molecular weight excluding hydrogens is 258 g/mol. The van der Waals surface area contributed by atoms with Gasteiger partial charge in [-0.25, -0.2) is 17.9 Å². The lowest BCUT2D eigenvalue weighted by Gasteiger charge is -2.07. The summed E-state index contributed by atoms with van der Waals surface area (Å²) in [6.07, 6.45) is -0.940. The Hall–Kier alpha value is -1.80. The van der Waals surface area contributed by atoms with Crippen LogP contribution in [0, 0.1) is 0 Å². The lowest BCUT2D eigenvalue weighted by molar-refractivity contribution is 0.159. The molecule has 0 radical (unpaired) electrons. The van der Waals surface area contributed by atoms with E-state index in [4.69, 9.17) is 11.5 Å². The van der Waals surface area contributed by atoms with E-state index in [-0.39, 0.29) is 18.9 Å². The summed E-state index contributed by atoms with van der Waals surface area (Å²) < 4.78 is 29.9. The second-order valence-corrected chi connectivity index (χ2v) is 5.37. The van der Waals surface area contributed by atoms with E-state index < -0.39 is 16.1 Å². The highest BCUT2D eigenvalue weighted by Crippen LogP contribution is 2.09. The van der Waals surface area contributed by atoms with Gasteiger partial charge in [-0.15, -0.1) is 0 Å². The van der Waals surface area contributed by atoms with Crippen LogP contribution in [0.2, 0.25) is 0 Å². The van der Waals surface area contributed by atoms with Crippen molar-refractivity contribution < 1.29 is 17.9 Å². The van der Waals surface area contributed by atoms with Gasteiger partial charge >= 0.3 is 6.09 Å². The fraction of sp³-hybridized carbons (Fsp3) is 0.300. The molecule has 0 saturated carbocycles. The first-order chi connectivity index (χ1) is 8.39. The maximum Gasteiger partial charge on any atom is 0.404 e. The van der Waals surface area contributed by atoms with Gasteiger partial charge in [0.2, 0.25) is 10.0 Å². The maximum atomic E-state index is 11.6. The smallest absolute Gasteiger partial charge is 0.404 e. The highest BCUT2D eigenvalue weighted by atomic mass is 32.2. The molecule has 0 bridgehead atoms. The van der Waals surface area contributed by atoms with Crippen molar-refractivity contribution in [2.24, 2.45) is 5.73 Å². The van der Waals surface area contributed by atoms with Crippen LogP contribution in [-0.2, 0) is 20.5 Å². The van der Waals surface area contributed by atoms with E-state index in [9.17, 15) is 13.2 Å². The van der Waals surface area contributed by atoms with Crippen LogP contribution in [0.3, 0.4) is 0 Å². The van der Waals surface area contributed by atoms with Crippen molar-refractivity contribution in [2.45, 2.75) is 5.75 Å². The van der Waals surface area contributed by atoms with Crippen molar-refractivity contribution in [3.05, 3.63) is 29.8 Å². The monoisotopic (exact) mass is 273 g/mol. The van der Waals surface area contributed by atoms with Crippen molar-refractivity contribution in [1.82, 2.24) is 4.72 Å². The highest BCUT2D eigenvalue weighted by molar-refractivity contribution is 7.88. The third kappa shape index (κ3) is 5.51. The second-order valence-electron chi connectivity index (χ2n) is 3.57. The number of anilines is 1. The van der Waals surface area contributed by atoms with Crippen molar-refractivity contribution >= 4 is 21.8 Å². The standard InChI is InChI=1S/C10H15N3O4S/c11-9-3-1-2-8(6-9)7-18(15,16)13-4-5-17-10(12)14/h1-3,6,13H,4-5,7,11H2,(H2,12,14). The van der Waals surface area contributed by atoms with Crippen LogP contribution in [0.1, 0.15) is 5.56 Å². The molecule has 0 aliphatic rings. The lowest BCUT2D eigenvalue weighted by atomic mass is 10.2. The molecule has 1 aromatic rings. The number of carbonyl (C=O) groups is 1. The van der Waals surface area contributed by atoms with Crippen molar-refractivity contribution in [3.8, 4) is 0 Å². The molecule has 0 saturated heterocycles. The van der Waals surface area contributed by atoms with E-state index in [0.717, 1.165) is 0 Å². The van der Waals surface area contributed by atoms with Crippen molar-refractivity contribution in [1.29, 1.82) is 0 Å². The summed E-state index contributed by atoms with van der Waals surface area (Å²) in [4.78, 5) is 10.3. The molecule has 100 valence electrons. The molecule has 1 rings (SSSR count). The van der Waals surface area contributed by atoms with Gasteiger partial charge in [0, 0.05) is 12.2 Å². The largest absolute Gasteiger partial charge is 0.448 e. The van der Waals surface area contributed by atoms with Gasteiger partial charge in [0.05, 0.1) is 5.75 Å². The summed E-state index contributed by atoms with van der Waals surface area (Å²) in [7, 11) is -3.49. The summed E-state index contributed by atoms with van der Waals surface area (Å²) in [5.41, 5.74) is 11.4. The fourth-order valence-electron chi connectivity index (χ4n) is 1.30. The number of ether oxygens (including phenoxy) is 1. The van der Waals surface area contributed by atoms with E-state index in [1.807, 2.05) is 0 Å². The SMILES string of the molecule is NC(=O)OCCNS(=O)(=O)Cc1cccc(N)c1. The predicted octanol–water partition coefficient (Wildman–Crippen LogP) is -0.216. The molecule has 0 aliphatic carbocycles. The summed E-state index contributed by atoms with van der Waals surface area (Å²) in [6.45, 7) is -0.126. The summed E-state index contributed by atoms with van der Waals surface area (Å²) in [5, 5.41) is 0. The Morgan fingerprint density at radius 2 is 2.11 bits per heavy atom. The van der Waals surface area contributed by atoms with Crippen LogP contribution in [-0.4, -0.2) is 27.7 Å². The number of benzene rings is 1. The molecule has 5 N–H and O–H groups in total. The Kier molecular flexibility index (Phi) is 4.93. The molecule has 1 aromatic carbocycles. The minimum absolute atomic E-state index is 0.0202. The van der Waals surface area contributed by atoms with Gasteiger partial charge in [-0.1, -0.05) is 12.1 Å². The fourth-order valence-corrected chi connectivity index (χ4v) is 2.42. The average molecular weight is 273 g/mol. The van der Waals surface area contributed by atoms with Crippen LogP contribution in [0.5, 0.6) is 0 Å². The van der Waals surface area contributed by atoms with Crippen LogP contribution in [0.4, 0.5) is 10.5 Å². The van der Waals surface area contributed by atoms with E-state index in [2.05, 4.69) is 9.46 Å². The minimum atomic E-state index is -3.49. The van der Waals surface area contributed by atoms with Crippen molar-refractivity contribution in [2.75, 3.05) is 18.9 Å². The molecular formula is C10H15N3O4S. The Bertz CT molecular complexity index is 516. The normalized spacial score (nSPS) is 11.1. The topological polar surface area (TPSA) is 125 Å². The first-order valence-electron chi connectivity index (χ1n) is 5.13. The molecule has 0 fully saturated rings. The predicted molar refractivity (Wildman–Crippen MR) is 67.0 cm³/mol. The Morgan fingerprint density at radius 1 is 1.39 bits per heavy atom. The van der Waals surface area contributed by atoms with Gasteiger partial charge in [0.15, 0.2) is 0 Å². The van der Waals surface area contributed by atoms with Gasteiger partial charge in [0.25, 0.3) is 0 Å². The zero-order valence-electron chi connectivity index (χ0n) is 9.63. The molecule has 0 spiro atoms. The van der Waals surface area contributed by atoms with Gasteiger partial charge < -0.3 is 16.2 Å². The highest BCUT2D eigenvalue weighted by Gasteiger charge is 2.11. The number of nitrogens with one attached hydrogen (secondary N) is 1. The third-order valence-electron chi connectivity index (χ3n) is 1.98. The van der Waals surface area contributed by atoms with Gasteiger partial charge in [-0.2, -0.15) is 0 Å². The number of hydrogen-bond acceptors (Lipinski definition) is 5. The molecule has 0 unspecified atom stereocenters. The van der Waals surface area contributed by atoms with Crippen LogP contribution >= 0.6 is 0 Å². The first kappa shape index (κ1) is 14.3. The molecule has 18 heavy (non-hydrogen) atoms. The molecule has 0 atom stereocenters. The van der Waals surface area contributed by atoms with E-state index >= 15 is 0 Å². The van der Waals surface area contributed by atoms with Crippen LogP contribution < -0.4 is 16.2 Å². The molecule has 0 aromatic heterocycles. The summed E-state index contributed by atoms with van der Waals surface area (Å²) in [6, 6.07) is 6.59. The molecule has 1 amide bonds. The number of carbonyl (C=O) groups excluding carboxylic acids is 1. The summed E-state index contributed by atoms with van der Waals surface area (Å²) >= 11 is 0. The van der Waals surface area contributed by atoms with Crippen molar-refractivity contribution in [3.63, 3.8) is 0 Å². The number of nitrogen functional groups attached to an aromatic ring is 1. The number of primary amides is 1. The number of hydrogen-bond donors (Lipinski definition) is 3. The molecule has 0 aliphatic heterocycles. The molecule has 7 nitrogen and oxygen atoms in total. The van der Waals surface area contributed by atoms with E-state index in [1.165, 1.54) is 0 Å². The number of nitrogens with two attached hydrogens (primary N) is 2. The zero-order valence-corrected chi connectivity index (χ0v) is 10.4. The Balaban J connectivity index is 2.47. The van der Waals surface area contributed by atoms with Gasteiger partial charge in [0.1, 0.15) is 6.61 Å². The second kappa shape index (κ2) is 6.22. The quantitative estimate of drug-likeness (QED) is 0.488. The van der Waals surface area contributed by atoms with E-state index in [0.29, 0.717) is 11.3 Å². The maximum absolute atomic E-state index is 11.6. The molecule has 8 heteroatoms. The number of rotatable bonds is 6. The van der Waals surface area contributed by atoms with Crippen LogP contribution in [0.15, 0.2) is 24.3 Å². The van der Waals surface area contributed by atoms with Gasteiger partial charge in [-0.3, -0.25) is 0 Å². The Labute approximate surface area is 105 Å². The average Bonchev–Trinajstić information content (AvgIpc) is 2.23. The van der Waals surface area contributed by atoms with Gasteiger partial charge in [-0.05, 0) is 17.7 Å². The molecule has 0 heterocycles. The first-order valence-corrected chi connectivity index (χ1v) is 6.78. The van der Waals surface area contributed by atoms with E-state index in [1.54, 1.807) is 24.3 Å². The third-order valence-corrected chi connectivity index (χ3v) is 3.33.